The maximum atomic E-state index is 12.5. The fourth-order valence-electron chi connectivity index (χ4n) is 3.06. The van der Waals surface area contributed by atoms with Crippen LogP contribution in [-0.2, 0) is 14.8 Å². The van der Waals surface area contributed by atoms with Gasteiger partial charge in [-0.2, -0.15) is 0 Å². The summed E-state index contributed by atoms with van der Waals surface area (Å²) in [5.41, 5.74) is 4.63. The van der Waals surface area contributed by atoms with Crippen LogP contribution in [0.25, 0.3) is 0 Å². The second-order valence-corrected chi connectivity index (χ2v) is 9.45. The number of amides is 1. The molecule has 0 aromatic heterocycles. The zero-order chi connectivity index (χ0) is 23.3. The number of hydrogen-bond donors (Lipinski definition) is 2. The Bertz CT molecular complexity index is 1230. The van der Waals surface area contributed by atoms with Crippen LogP contribution in [0.3, 0.4) is 0 Å². The molecule has 3 aromatic carbocycles. The largest absolute Gasteiger partial charge is 0.326 e. The zero-order valence-electron chi connectivity index (χ0n) is 18.3. The van der Waals surface area contributed by atoms with Gasteiger partial charge in [0.2, 0.25) is 5.91 Å². The summed E-state index contributed by atoms with van der Waals surface area (Å²) in [5, 5.41) is 2.73. The second kappa shape index (κ2) is 9.78. The molecule has 32 heavy (non-hydrogen) atoms. The monoisotopic (exact) mass is 450 g/mol. The van der Waals surface area contributed by atoms with E-state index in [1.165, 1.54) is 0 Å². The van der Waals surface area contributed by atoms with Gasteiger partial charge in [-0.05, 0) is 74.4 Å². The SMILES string of the molecule is Cc1ccc(S(=O)(=O)Nc2ccc(NC(=O)CCC(=O)c3ccc(C)c(C)c3)cc2)cc1. The van der Waals surface area contributed by atoms with Gasteiger partial charge in [0, 0.05) is 29.8 Å². The van der Waals surface area contributed by atoms with Crippen LogP contribution in [0.4, 0.5) is 11.4 Å². The topological polar surface area (TPSA) is 92.3 Å². The summed E-state index contributed by atoms with van der Waals surface area (Å²) in [5.74, 6) is -0.362. The van der Waals surface area contributed by atoms with Crippen LogP contribution in [-0.4, -0.2) is 20.1 Å². The Morgan fingerprint density at radius 1 is 0.750 bits per heavy atom. The molecule has 3 rings (SSSR count). The highest BCUT2D eigenvalue weighted by Crippen LogP contribution is 2.19. The Kier molecular flexibility index (Phi) is 7.10. The van der Waals surface area contributed by atoms with Gasteiger partial charge in [0.1, 0.15) is 0 Å². The van der Waals surface area contributed by atoms with Gasteiger partial charge in [0.05, 0.1) is 4.90 Å². The van der Waals surface area contributed by atoms with Crippen molar-refractivity contribution in [3.05, 3.63) is 89.0 Å². The lowest BCUT2D eigenvalue weighted by Gasteiger charge is -2.10. The van der Waals surface area contributed by atoms with Gasteiger partial charge in [-0.15, -0.1) is 0 Å². The molecule has 1 amide bonds. The van der Waals surface area contributed by atoms with Crippen LogP contribution in [0.5, 0.6) is 0 Å². The van der Waals surface area contributed by atoms with Gasteiger partial charge in [0.25, 0.3) is 10.0 Å². The first-order chi connectivity index (χ1) is 15.1. The minimum atomic E-state index is -3.69. The highest BCUT2D eigenvalue weighted by molar-refractivity contribution is 7.92. The number of aryl methyl sites for hydroxylation is 3. The van der Waals surface area contributed by atoms with E-state index in [0.717, 1.165) is 16.7 Å². The molecule has 0 saturated heterocycles. The second-order valence-electron chi connectivity index (χ2n) is 7.77. The van der Waals surface area contributed by atoms with Crippen molar-refractivity contribution in [3.8, 4) is 0 Å². The third-order valence-corrected chi connectivity index (χ3v) is 6.56. The smallest absolute Gasteiger partial charge is 0.261 e. The average Bonchev–Trinajstić information content (AvgIpc) is 2.75. The van der Waals surface area contributed by atoms with Gasteiger partial charge in [-0.1, -0.05) is 29.8 Å². The van der Waals surface area contributed by atoms with Gasteiger partial charge < -0.3 is 5.32 Å². The minimum absolute atomic E-state index is 0.0631. The Morgan fingerprint density at radius 2 is 1.38 bits per heavy atom. The molecule has 0 saturated carbocycles. The molecule has 6 nitrogen and oxygen atoms in total. The zero-order valence-corrected chi connectivity index (χ0v) is 19.1. The molecule has 0 atom stereocenters. The highest BCUT2D eigenvalue weighted by Gasteiger charge is 2.14. The maximum Gasteiger partial charge on any atom is 0.261 e. The summed E-state index contributed by atoms with van der Waals surface area (Å²) in [7, 11) is -3.69. The van der Waals surface area contributed by atoms with Crippen LogP contribution < -0.4 is 10.0 Å². The van der Waals surface area contributed by atoms with Crippen LogP contribution >= 0.6 is 0 Å². The Labute approximate surface area is 188 Å². The quantitative estimate of drug-likeness (QED) is 0.472. The first kappa shape index (κ1) is 23.2. The fourth-order valence-corrected chi connectivity index (χ4v) is 4.12. The average molecular weight is 451 g/mol. The Hall–Kier alpha value is -3.45. The van der Waals surface area contributed by atoms with Crippen molar-refractivity contribution in [1.82, 2.24) is 0 Å². The summed E-state index contributed by atoms with van der Waals surface area (Å²) in [4.78, 5) is 24.7. The van der Waals surface area contributed by atoms with Crippen LogP contribution in [0.1, 0.15) is 39.9 Å². The van der Waals surface area contributed by atoms with E-state index in [1.807, 2.05) is 32.9 Å². The minimum Gasteiger partial charge on any atom is -0.326 e. The molecule has 7 heteroatoms. The molecule has 0 spiro atoms. The van der Waals surface area contributed by atoms with Crippen LogP contribution in [0.15, 0.2) is 71.6 Å². The van der Waals surface area contributed by atoms with E-state index >= 15 is 0 Å². The van der Waals surface area contributed by atoms with E-state index in [4.69, 9.17) is 0 Å². The number of benzene rings is 3. The van der Waals surface area contributed by atoms with E-state index in [2.05, 4.69) is 10.0 Å². The summed E-state index contributed by atoms with van der Waals surface area (Å²) >= 11 is 0. The number of carbonyl (C=O) groups excluding carboxylic acids is 2. The van der Waals surface area contributed by atoms with E-state index in [1.54, 1.807) is 54.6 Å². The number of ketones is 1. The lowest BCUT2D eigenvalue weighted by atomic mass is 10.0. The summed E-state index contributed by atoms with van der Waals surface area (Å²) in [6.07, 6.45) is 0.177. The molecule has 166 valence electrons. The van der Waals surface area contributed by atoms with Crippen molar-refractivity contribution < 1.29 is 18.0 Å². The summed E-state index contributed by atoms with van der Waals surface area (Å²) < 4.78 is 27.5. The molecule has 3 aromatic rings. The third-order valence-electron chi connectivity index (χ3n) is 5.16. The van der Waals surface area contributed by atoms with E-state index < -0.39 is 10.0 Å². The molecule has 0 unspecified atom stereocenters. The molecule has 2 N–H and O–H groups in total. The summed E-state index contributed by atoms with van der Waals surface area (Å²) in [6.45, 7) is 5.81. The normalized spacial score (nSPS) is 11.1. The fraction of sp³-hybridized carbons (Fsp3) is 0.200. The van der Waals surface area contributed by atoms with E-state index in [0.29, 0.717) is 16.9 Å². The van der Waals surface area contributed by atoms with Crippen molar-refractivity contribution in [2.24, 2.45) is 0 Å². The number of carbonyl (C=O) groups is 2. The molecule has 0 aliphatic heterocycles. The maximum absolute atomic E-state index is 12.5. The van der Waals surface area contributed by atoms with Crippen molar-refractivity contribution in [2.45, 2.75) is 38.5 Å². The molecular formula is C25H26N2O4S. The molecular weight excluding hydrogens is 424 g/mol. The molecule has 0 fully saturated rings. The number of rotatable bonds is 8. The van der Waals surface area contributed by atoms with E-state index in [-0.39, 0.29) is 29.4 Å². The molecule has 0 aliphatic rings. The number of sulfonamides is 1. The third kappa shape index (κ3) is 6.04. The highest BCUT2D eigenvalue weighted by atomic mass is 32.2. The van der Waals surface area contributed by atoms with Gasteiger partial charge in [0.15, 0.2) is 5.78 Å². The van der Waals surface area contributed by atoms with Crippen LogP contribution in [0.2, 0.25) is 0 Å². The van der Waals surface area contributed by atoms with Crippen molar-refractivity contribution in [1.29, 1.82) is 0 Å². The number of hydrogen-bond acceptors (Lipinski definition) is 4. The molecule has 0 radical (unpaired) electrons. The van der Waals surface area contributed by atoms with Gasteiger partial charge in [-0.25, -0.2) is 8.42 Å². The number of anilines is 2. The Balaban J connectivity index is 1.54. The molecule has 0 heterocycles. The standard InChI is InChI=1S/C25H26N2O4S/c1-17-4-12-23(13-5-17)32(30,31)27-22-10-8-21(9-11-22)26-25(29)15-14-24(28)20-7-6-18(2)19(3)16-20/h4-13,16,27H,14-15H2,1-3H3,(H,26,29). The summed E-state index contributed by atoms with van der Waals surface area (Å²) in [6, 6.07) is 18.4. The van der Waals surface area contributed by atoms with Crippen molar-refractivity contribution in [2.75, 3.05) is 10.0 Å². The first-order valence-corrected chi connectivity index (χ1v) is 11.7. The lowest BCUT2D eigenvalue weighted by Crippen LogP contribution is -2.14. The van der Waals surface area contributed by atoms with Crippen molar-refractivity contribution in [3.63, 3.8) is 0 Å². The predicted octanol–water partition coefficient (Wildman–Crippen LogP) is 5.01. The Morgan fingerprint density at radius 3 is 2.00 bits per heavy atom. The number of nitrogens with one attached hydrogen (secondary N) is 2. The first-order valence-electron chi connectivity index (χ1n) is 10.2. The predicted molar refractivity (Wildman–Crippen MR) is 127 cm³/mol. The van der Waals surface area contributed by atoms with Crippen LogP contribution in [0, 0.1) is 20.8 Å². The van der Waals surface area contributed by atoms with Gasteiger partial charge in [-0.3, -0.25) is 14.3 Å². The number of Topliss-reactive ketones (excluding diaryl/α,β-unsaturated/α-hetero) is 1. The van der Waals surface area contributed by atoms with Gasteiger partial charge >= 0.3 is 0 Å². The molecule has 0 aliphatic carbocycles. The van der Waals surface area contributed by atoms with Crippen molar-refractivity contribution >= 4 is 33.1 Å². The molecule has 0 bridgehead atoms. The lowest BCUT2D eigenvalue weighted by molar-refractivity contribution is -0.116. The van der Waals surface area contributed by atoms with E-state index in [9.17, 15) is 18.0 Å².